The highest BCUT2D eigenvalue weighted by molar-refractivity contribution is 6.13. The maximum Gasteiger partial charge on any atom is 0.416 e. The van der Waals surface area contributed by atoms with Gasteiger partial charge in [-0.2, -0.15) is 29.0 Å². The standard InChI is InChI=1S/C55H28F3N7/c1-32-16-40(24-41(17-32)55(56,57)58)54-52(64-48-10-6-4-8-44(48)46-27-36(12-14-50(46)64)38-18-33(29-59)20-42(25-38)62-2)22-35(31-61)23-53(54)65-49-11-7-5-9-45(49)47-28-37(13-15-51(47)65)39-19-34(30-60)21-43(26-39)63-3/h4-28H,1H3. The molecule has 7 nitrogen and oxygen atoms in total. The van der Waals surface area contributed by atoms with Crippen molar-refractivity contribution in [3.8, 4) is 63.0 Å². The van der Waals surface area contributed by atoms with Crippen LogP contribution in [0, 0.1) is 54.1 Å². The summed E-state index contributed by atoms with van der Waals surface area (Å²) in [5, 5.41) is 33.6. The molecule has 0 aliphatic heterocycles. The highest BCUT2D eigenvalue weighted by atomic mass is 19.4. The fourth-order valence-electron chi connectivity index (χ4n) is 9.05. The molecule has 0 radical (unpaired) electrons. The molecule has 0 aliphatic rings. The topological polar surface area (TPSA) is 90.0 Å². The van der Waals surface area contributed by atoms with Crippen molar-refractivity contribution in [3.05, 3.63) is 202 Å². The molecule has 65 heavy (non-hydrogen) atoms. The maximum absolute atomic E-state index is 14.8. The first kappa shape index (κ1) is 39.7. The lowest BCUT2D eigenvalue weighted by atomic mass is 9.95. The number of alkyl halides is 3. The molecule has 0 N–H and O–H groups in total. The highest BCUT2D eigenvalue weighted by Crippen LogP contribution is 2.45. The minimum Gasteiger partial charge on any atom is -0.308 e. The fourth-order valence-corrected chi connectivity index (χ4v) is 9.05. The maximum atomic E-state index is 14.8. The van der Waals surface area contributed by atoms with Crippen LogP contribution in [0.1, 0.15) is 27.8 Å². The van der Waals surface area contributed by atoms with Crippen LogP contribution in [-0.2, 0) is 6.18 Å². The van der Waals surface area contributed by atoms with Gasteiger partial charge in [-0.15, -0.1) is 0 Å². The van der Waals surface area contributed by atoms with Gasteiger partial charge in [-0.1, -0.05) is 54.6 Å². The van der Waals surface area contributed by atoms with Gasteiger partial charge in [-0.25, -0.2) is 9.69 Å². The minimum absolute atomic E-state index is 0.271. The van der Waals surface area contributed by atoms with E-state index in [-0.39, 0.29) is 11.1 Å². The lowest BCUT2D eigenvalue weighted by molar-refractivity contribution is -0.137. The number of nitriles is 3. The van der Waals surface area contributed by atoms with Crippen molar-refractivity contribution in [2.24, 2.45) is 0 Å². The van der Waals surface area contributed by atoms with Gasteiger partial charge in [-0.3, -0.25) is 0 Å². The molecule has 0 amide bonds. The van der Waals surface area contributed by atoms with E-state index in [1.807, 2.05) is 94.1 Å². The number of aromatic nitrogens is 2. The molecule has 0 saturated carbocycles. The fraction of sp³-hybridized carbons (Fsp3) is 0.0364. The van der Waals surface area contributed by atoms with Crippen LogP contribution >= 0.6 is 0 Å². The summed E-state index contributed by atoms with van der Waals surface area (Å²) in [6.45, 7) is 16.9. The molecule has 0 fully saturated rings. The van der Waals surface area contributed by atoms with Crippen LogP contribution in [0.2, 0.25) is 0 Å². The quantitative estimate of drug-likeness (QED) is 0.162. The third-order valence-electron chi connectivity index (χ3n) is 11.8. The molecule has 0 saturated heterocycles. The molecule has 10 rings (SSSR count). The Balaban J connectivity index is 1.32. The summed E-state index contributed by atoms with van der Waals surface area (Å²) >= 11 is 0. The van der Waals surface area contributed by atoms with Crippen molar-refractivity contribution in [2.45, 2.75) is 13.1 Å². The summed E-state index contributed by atoms with van der Waals surface area (Å²) in [7, 11) is 0. The van der Waals surface area contributed by atoms with Crippen LogP contribution in [0.5, 0.6) is 0 Å². The number of halogens is 3. The van der Waals surface area contributed by atoms with Gasteiger partial charge in [0, 0.05) is 38.2 Å². The van der Waals surface area contributed by atoms with E-state index in [4.69, 9.17) is 13.1 Å². The first-order valence-corrected chi connectivity index (χ1v) is 20.2. The third-order valence-corrected chi connectivity index (χ3v) is 11.8. The highest BCUT2D eigenvalue weighted by Gasteiger charge is 2.32. The lowest BCUT2D eigenvalue weighted by Crippen LogP contribution is -2.08. The predicted molar refractivity (Wildman–Crippen MR) is 248 cm³/mol. The summed E-state index contributed by atoms with van der Waals surface area (Å²) in [6, 6.07) is 51.1. The first-order valence-electron chi connectivity index (χ1n) is 20.2. The Morgan fingerprint density at radius 1 is 0.462 bits per heavy atom. The SMILES string of the molecule is [C-]#[N+]c1cc(C#N)cc(-c2ccc3c(c2)c2ccccc2n3-c2cc(C#N)cc(-n3c4ccccc4c4cc(-c5cc(C#N)cc([N+]#[C-])c5)ccc43)c2-c2cc(C)cc(C(F)(F)F)c2)c1. The number of hydrogen-bond acceptors (Lipinski definition) is 3. The van der Waals surface area contributed by atoms with Crippen LogP contribution in [0.15, 0.2) is 152 Å². The Morgan fingerprint density at radius 3 is 1.35 bits per heavy atom. The zero-order valence-electron chi connectivity index (χ0n) is 34.2. The second kappa shape index (κ2) is 15.2. The largest absolute Gasteiger partial charge is 0.416 e. The van der Waals surface area contributed by atoms with E-state index in [0.29, 0.717) is 67.2 Å². The van der Waals surface area contributed by atoms with Gasteiger partial charge >= 0.3 is 6.18 Å². The molecular formula is C55H28F3N7. The molecule has 0 unspecified atom stereocenters. The van der Waals surface area contributed by atoms with E-state index < -0.39 is 11.7 Å². The Kier molecular flexibility index (Phi) is 9.29. The van der Waals surface area contributed by atoms with E-state index in [9.17, 15) is 29.0 Å². The lowest BCUT2D eigenvalue weighted by Gasteiger charge is -2.22. The Morgan fingerprint density at radius 2 is 0.908 bits per heavy atom. The van der Waals surface area contributed by atoms with Gasteiger partial charge in [0.15, 0.2) is 11.4 Å². The van der Waals surface area contributed by atoms with E-state index in [2.05, 4.69) is 27.9 Å². The van der Waals surface area contributed by atoms with Crippen molar-refractivity contribution >= 4 is 55.0 Å². The Hall–Kier alpha value is -9.40. The molecule has 8 aromatic carbocycles. The molecule has 2 aromatic heterocycles. The first-order chi connectivity index (χ1) is 31.5. The van der Waals surface area contributed by atoms with Crippen molar-refractivity contribution in [1.82, 2.24) is 9.13 Å². The Labute approximate surface area is 370 Å². The van der Waals surface area contributed by atoms with E-state index in [0.717, 1.165) is 55.8 Å². The summed E-state index contributed by atoms with van der Waals surface area (Å²) in [5.74, 6) is 0. The second-order valence-electron chi connectivity index (χ2n) is 15.7. The molecule has 0 spiro atoms. The van der Waals surface area contributed by atoms with Crippen LogP contribution in [0.4, 0.5) is 24.5 Å². The average molecular weight is 844 g/mol. The summed E-state index contributed by atoms with van der Waals surface area (Å²) in [5.41, 5.74) is 8.68. The van der Waals surface area contributed by atoms with Gasteiger partial charge < -0.3 is 9.13 Å². The normalized spacial score (nSPS) is 11.3. The molecule has 10 aromatic rings. The number of nitrogens with zero attached hydrogens (tertiary/aromatic N) is 7. The van der Waals surface area contributed by atoms with Gasteiger partial charge in [0.2, 0.25) is 0 Å². The van der Waals surface area contributed by atoms with Crippen molar-refractivity contribution in [1.29, 1.82) is 15.8 Å². The van der Waals surface area contributed by atoms with Crippen LogP contribution < -0.4 is 0 Å². The van der Waals surface area contributed by atoms with E-state index in [1.54, 1.807) is 49.4 Å². The molecule has 10 heteroatoms. The molecule has 0 atom stereocenters. The van der Waals surface area contributed by atoms with Crippen molar-refractivity contribution in [3.63, 3.8) is 0 Å². The van der Waals surface area contributed by atoms with Crippen LogP contribution in [-0.4, -0.2) is 9.13 Å². The summed E-state index contributed by atoms with van der Waals surface area (Å²) in [4.78, 5) is 7.15. The van der Waals surface area contributed by atoms with Crippen LogP contribution in [0.25, 0.3) is 98.1 Å². The van der Waals surface area contributed by atoms with Crippen LogP contribution in [0.3, 0.4) is 0 Å². The zero-order valence-corrected chi connectivity index (χ0v) is 34.2. The smallest absolute Gasteiger partial charge is 0.308 e. The molecule has 0 aliphatic carbocycles. The van der Waals surface area contributed by atoms with E-state index in [1.165, 1.54) is 12.1 Å². The number of benzene rings is 8. The third kappa shape index (κ3) is 6.66. The molecule has 304 valence electrons. The minimum atomic E-state index is -4.66. The predicted octanol–water partition coefficient (Wildman–Crippen LogP) is 14.9. The summed E-state index contributed by atoms with van der Waals surface area (Å²) < 4.78 is 48.3. The molecule has 2 heterocycles. The average Bonchev–Trinajstić information content (AvgIpc) is 3.84. The van der Waals surface area contributed by atoms with E-state index >= 15 is 0 Å². The number of hydrogen-bond donors (Lipinski definition) is 0. The van der Waals surface area contributed by atoms with Gasteiger partial charge in [-0.05, 0) is 137 Å². The number of fused-ring (bicyclic) bond motifs is 6. The second-order valence-corrected chi connectivity index (χ2v) is 15.7. The molecular weight excluding hydrogens is 816 g/mol. The zero-order chi connectivity index (χ0) is 45.1. The number of rotatable bonds is 5. The Bertz CT molecular complexity index is 3630. The molecule has 0 bridgehead atoms. The van der Waals surface area contributed by atoms with Crippen molar-refractivity contribution in [2.75, 3.05) is 0 Å². The van der Waals surface area contributed by atoms with Gasteiger partial charge in [0.05, 0.1) is 75.9 Å². The van der Waals surface area contributed by atoms with Crippen molar-refractivity contribution < 1.29 is 13.2 Å². The van der Waals surface area contributed by atoms with Gasteiger partial charge in [0.1, 0.15) is 0 Å². The summed E-state index contributed by atoms with van der Waals surface area (Å²) in [6.07, 6.45) is -4.66. The van der Waals surface area contributed by atoms with Gasteiger partial charge in [0.25, 0.3) is 0 Å². The monoisotopic (exact) mass is 843 g/mol. The number of aryl methyl sites for hydroxylation is 1. The number of para-hydroxylation sites is 2.